The number of nitrogens with zero attached hydrogens (tertiary/aromatic N) is 4. The first-order valence-corrected chi connectivity index (χ1v) is 9.00. The fraction of sp³-hybridized carbons (Fsp3) is 0.722. The fourth-order valence-corrected chi connectivity index (χ4v) is 3.70. The normalized spacial score (nSPS) is 23.6. The summed E-state index contributed by atoms with van der Waals surface area (Å²) in [6.07, 6.45) is 8.22. The predicted molar refractivity (Wildman–Crippen MR) is 90.4 cm³/mol. The smallest absolute Gasteiger partial charge is 0.272 e. The highest BCUT2D eigenvalue weighted by Gasteiger charge is 2.27. The number of rotatable bonds is 2. The van der Waals surface area contributed by atoms with E-state index in [-0.39, 0.29) is 11.9 Å². The van der Waals surface area contributed by atoms with Gasteiger partial charge in [-0.2, -0.15) is 0 Å². The third kappa shape index (κ3) is 3.89. The van der Waals surface area contributed by atoms with Gasteiger partial charge in [0.2, 0.25) is 0 Å². The molecule has 1 amide bonds. The molecule has 0 aliphatic carbocycles. The van der Waals surface area contributed by atoms with Gasteiger partial charge in [-0.3, -0.25) is 9.69 Å². The minimum Gasteiger partial charge on any atom is -0.337 e. The van der Waals surface area contributed by atoms with Gasteiger partial charge in [0, 0.05) is 18.8 Å². The van der Waals surface area contributed by atoms with Crippen LogP contribution in [0.25, 0.3) is 0 Å². The van der Waals surface area contributed by atoms with Gasteiger partial charge in [-0.25, -0.2) is 9.97 Å². The zero-order chi connectivity index (χ0) is 16.2. The number of amides is 1. The Kier molecular flexibility index (Phi) is 5.26. The molecule has 5 heteroatoms. The minimum atomic E-state index is 0.0827. The van der Waals surface area contributed by atoms with Gasteiger partial charge in [0.1, 0.15) is 11.5 Å². The first-order chi connectivity index (χ1) is 11.1. The van der Waals surface area contributed by atoms with E-state index in [1.165, 1.54) is 25.7 Å². The Morgan fingerprint density at radius 1 is 1.04 bits per heavy atom. The van der Waals surface area contributed by atoms with Crippen molar-refractivity contribution < 1.29 is 4.79 Å². The fourth-order valence-electron chi connectivity index (χ4n) is 3.70. The maximum atomic E-state index is 12.9. The van der Waals surface area contributed by atoms with Crippen molar-refractivity contribution in [2.45, 2.75) is 57.9 Å². The highest BCUT2D eigenvalue weighted by Crippen LogP contribution is 2.28. The number of likely N-dealkylation sites (tertiary alicyclic amines) is 2. The summed E-state index contributed by atoms with van der Waals surface area (Å²) in [5.41, 5.74) is 1.47. The lowest BCUT2D eigenvalue weighted by atomic mass is 10.1. The lowest BCUT2D eigenvalue weighted by Gasteiger charge is -2.25. The summed E-state index contributed by atoms with van der Waals surface area (Å²) in [6.45, 7) is 4.77. The molecule has 2 saturated heterocycles. The van der Waals surface area contributed by atoms with Crippen LogP contribution in [0.2, 0.25) is 0 Å². The van der Waals surface area contributed by atoms with Crippen LogP contribution >= 0.6 is 0 Å². The van der Waals surface area contributed by atoms with Gasteiger partial charge < -0.3 is 4.90 Å². The molecule has 23 heavy (non-hydrogen) atoms. The lowest BCUT2D eigenvalue weighted by molar-refractivity contribution is 0.0735. The van der Waals surface area contributed by atoms with E-state index < -0.39 is 0 Å². The Morgan fingerprint density at radius 2 is 1.74 bits per heavy atom. The first kappa shape index (κ1) is 16.4. The van der Waals surface area contributed by atoms with Crippen LogP contribution in [-0.2, 0) is 0 Å². The number of hydrogen-bond acceptors (Lipinski definition) is 4. The molecule has 2 fully saturated rings. The molecule has 126 valence electrons. The summed E-state index contributed by atoms with van der Waals surface area (Å²) in [5.74, 6) is 0.902. The van der Waals surface area contributed by atoms with E-state index in [0.29, 0.717) is 5.69 Å². The van der Waals surface area contributed by atoms with Crippen molar-refractivity contribution in [2.75, 3.05) is 26.7 Å². The summed E-state index contributed by atoms with van der Waals surface area (Å²) >= 11 is 0. The number of carbonyl (C=O) groups is 1. The van der Waals surface area contributed by atoms with Gasteiger partial charge in [0.05, 0.1) is 6.04 Å². The molecular weight excluding hydrogens is 288 g/mol. The maximum absolute atomic E-state index is 12.9. The molecule has 0 saturated carbocycles. The van der Waals surface area contributed by atoms with E-state index >= 15 is 0 Å². The quantitative estimate of drug-likeness (QED) is 0.842. The van der Waals surface area contributed by atoms with Crippen molar-refractivity contribution in [3.63, 3.8) is 0 Å². The summed E-state index contributed by atoms with van der Waals surface area (Å²) in [6, 6.07) is 2.10. The Morgan fingerprint density at radius 3 is 2.39 bits per heavy atom. The van der Waals surface area contributed by atoms with Gasteiger partial charge in [-0.05, 0) is 52.3 Å². The van der Waals surface area contributed by atoms with E-state index in [0.717, 1.165) is 50.4 Å². The van der Waals surface area contributed by atoms with E-state index in [1.807, 2.05) is 17.9 Å². The monoisotopic (exact) mass is 316 g/mol. The number of aryl methyl sites for hydroxylation is 1. The number of hydrogen-bond donors (Lipinski definition) is 0. The topological polar surface area (TPSA) is 49.3 Å². The van der Waals surface area contributed by atoms with Crippen LogP contribution in [0, 0.1) is 6.92 Å². The summed E-state index contributed by atoms with van der Waals surface area (Å²) in [4.78, 5) is 26.4. The van der Waals surface area contributed by atoms with Crippen LogP contribution in [-0.4, -0.2) is 52.4 Å². The molecule has 0 N–H and O–H groups in total. The molecule has 1 aromatic heterocycles. The average Bonchev–Trinajstić information content (AvgIpc) is 2.92. The van der Waals surface area contributed by atoms with Crippen LogP contribution in [0.3, 0.4) is 0 Å². The van der Waals surface area contributed by atoms with E-state index in [1.54, 1.807) is 0 Å². The SMILES string of the molecule is Cc1cc(C(=O)N2CCCCCCC2)nc(C2CCCN2C)n1. The maximum Gasteiger partial charge on any atom is 0.272 e. The third-order valence-electron chi connectivity index (χ3n) is 5.05. The molecule has 1 aromatic rings. The Balaban J connectivity index is 1.80. The minimum absolute atomic E-state index is 0.0827. The molecule has 5 nitrogen and oxygen atoms in total. The van der Waals surface area contributed by atoms with Crippen LogP contribution in [0.4, 0.5) is 0 Å². The first-order valence-electron chi connectivity index (χ1n) is 9.00. The molecule has 3 heterocycles. The van der Waals surface area contributed by atoms with Crippen LogP contribution < -0.4 is 0 Å². The van der Waals surface area contributed by atoms with Crippen molar-refractivity contribution in [1.82, 2.24) is 19.8 Å². The zero-order valence-corrected chi connectivity index (χ0v) is 14.4. The van der Waals surface area contributed by atoms with Crippen LogP contribution in [0.15, 0.2) is 6.07 Å². The summed E-state index contributed by atoms with van der Waals surface area (Å²) in [5, 5.41) is 0. The third-order valence-corrected chi connectivity index (χ3v) is 5.05. The second-order valence-corrected chi connectivity index (χ2v) is 6.95. The molecule has 1 unspecified atom stereocenters. The van der Waals surface area contributed by atoms with Crippen molar-refractivity contribution in [3.05, 3.63) is 23.3 Å². The van der Waals surface area contributed by atoms with Crippen LogP contribution in [0.5, 0.6) is 0 Å². The zero-order valence-electron chi connectivity index (χ0n) is 14.4. The highest BCUT2D eigenvalue weighted by atomic mass is 16.2. The molecule has 1 atom stereocenters. The largest absolute Gasteiger partial charge is 0.337 e. The highest BCUT2D eigenvalue weighted by molar-refractivity contribution is 5.92. The number of carbonyl (C=O) groups excluding carboxylic acids is 1. The van der Waals surface area contributed by atoms with Crippen LogP contribution in [0.1, 0.15) is 73.0 Å². The lowest BCUT2D eigenvalue weighted by Crippen LogP contribution is -2.35. The van der Waals surface area contributed by atoms with Crippen molar-refractivity contribution in [3.8, 4) is 0 Å². The Bertz CT molecular complexity index is 552. The van der Waals surface area contributed by atoms with Gasteiger partial charge in [0.15, 0.2) is 0 Å². The molecule has 0 radical (unpaired) electrons. The van der Waals surface area contributed by atoms with Crippen molar-refractivity contribution >= 4 is 5.91 Å². The summed E-state index contributed by atoms with van der Waals surface area (Å²) in [7, 11) is 2.11. The van der Waals surface area contributed by atoms with E-state index in [4.69, 9.17) is 0 Å². The molecule has 2 aliphatic rings. The summed E-state index contributed by atoms with van der Waals surface area (Å²) < 4.78 is 0. The van der Waals surface area contributed by atoms with Gasteiger partial charge in [-0.15, -0.1) is 0 Å². The molecule has 0 spiro atoms. The molecule has 0 bridgehead atoms. The van der Waals surface area contributed by atoms with Gasteiger partial charge in [0.25, 0.3) is 5.91 Å². The number of aromatic nitrogens is 2. The molecule has 0 aromatic carbocycles. The second kappa shape index (κ2) is 7.39. The predicted octanol–water partition coefficient (Wildman–Crippen LogP) is 2.96. The average molecular weight is 316 g/mol. The Hall–Kier alpha value is -1.49. The van der Waals surface area contributed by atoms with E-state index in [9.17, 15) is 4.79 Å². The van der Waals surface area contributed by atoms with Crippen molar-refractivity contribution in [1.29, 1.82) is 0 Å². The molecule has 2 aliphatic heterocycles. The van der Waals surface area contributed by atoms with E-state index in [2.05, 4.69) is 21.9 Å². The molecule has 3 rings (SSSR count). The second-order valence-electron chi connectivity index (χ2n) is 6.95. The Labute approximate surface area is 139 Å². The van der Waals surface area contributed by atoms with Gasteiger partial charge in [-0.1, -0.05) is 19.3 Å². The molecular formula is C18H28N4O. The van der Waals surface area contributed by atoms with Gasteiger partial charge >= 0.3 is 0 Å². The standard InChI is InChI=1S/C18H28N4O/c1-14-13-15(18(23)22-11-6-4-3-5-7-12-22)20-17(19-14)16-9-8-10-21(16)2/h13,16H,3-12H2,1-2H3. The van der Waals surface area contributed by atoms with Crippen molar-refractivity contribution in [2.24, 2.45) is 0 Å².